The summed E-state index contributed by atoms with van der Waals surface area (Å²) in [6.45, 7) is 4.73. The molecule has 4 N–H and O–H groups in total. The van der Waals surface area contributed by atoms with Gasteiger partial charge in [0.25, 0.3) is 5.56 Å². The van der Waals surface area contributed by atoms with Gasteiger partial charge in [-0.15, -0.1) is 37.2 Å². The third-order valence-electron chi connectivity index (χ3n) is 7.34. The van der Waals surface area contributed by atoms with Gasteiger partial charge in [-0.05, 0) is 61.1 Å². The van der Waals surface area contributed by atoms with Crippen molar-refractivity contribution < 1.29 is 4.79 Å². The molecule has 3 aromatic heterocycles. The average Bonchev–Trinajstić information content (AvgIpc) is 3.40. The van der Waals surface area contributed by atoms with Crippen LogP contribution >= 0.6 is 37.2 Å². The lowest BCUT2D eigenvalue weighted by Crippen LogP contribution is -2.36. The van der Waals surface area contributed by atoms with Crippen molar-refractivity contribution in [2.45, 2.75) is 51.6 Å². The van der Waals surface area contributed by atoms with Crippen LogP contribution in [-0.4, -0.2) is 32.0 Å². The minimum atomic E-state index is -0.591. The highest BCUT2D eigenvalue weighted by atomic mass is 35.5. The van der Waals surface area contributed by atoms with Gasteiger partial charge in [0.1, 0.15) is 11.9 Å². The number of amides is 1. The SMILES string of the molecule is CCc1ccc([C@@H](CNc2ncc3n(c2=O)[C@H](C(=O)NCc2ccc(N)nc2C)CC3)c2ccccn2)cc1.Cl.Cl.Cl. The minimum Gasteiger partial charge on any atom is -0.384 e. The van der Waals surface area contributed by atoms with Gasteiger partial charge in [0.15, 0.2) is 5.82 Å². The van der Waals surface area contributed by atoms with E-state index in [9.17, 15) is 9.59 Å². The first-order valence-corrected chi connectivity index (χ1v) is 13.3. The Labute approximate surface area is 264 Å². The van der Waals surface area contributed by atoms with Gasteiger partial charge < -0.3 is 16.4 Å². The number of nitrogens with two attached hydrogens (primary N) is 1. The summed E-state index contributed by atoms with van der Waals surface area (Å²) in [7, 11) is 0. The van der Waals surface area contributed by atoms with Gasteiger partial charge in [-0.2, -0.15) is 0 Å². The second kappa shape index (κ2) is 15.5. The largest absolute Gasteiger partial charge is 0.384 e. The number of hydrogen-bond donors (Lipinski definition) is 3. The summed E-state index contributed by atoms with van der Waals surface area (Å²) in [6, 6.07) is 17.3. The Hall–Kier alpha value is -3.66. The van der Waals surface area contributed by atoms with Crippen molar-refractivity contribution in [2.24, 2.45) is 0 Å². The molecule has 12 heteroatoms. The number of aryl methyl sites for hydroxylation is 3. The van der Waals surface area contributed by atoms with Gasteiger partial charge in [-0.1, -0.05) is 43.3 Å². The summed E-state index contributed by atoms with van der Waals surface area (Å²) in [6.07, 6.45) is 5.59. The molecule has 0 radical (unpaired) electrons. The summed E-state index contributed by atoms with van der Waals surface area (Å²) < 4.78 is 1.57. The Bertz CT molecular complexity index is 1530. The van der Waals surface area contributed by atoms with Crippen LogP contribution in [0.25, 0.3) is 0 Å². The highest BCUT2D eigenvalue weighted by Crippen LogP contribution is 2.26. The first kappa shape index (κ1) is 34.5. The zero-order chi connectivity index (χ0) is 27.4. The molecule has 0 fully saturated rings. The summed E-state index contributed by atoms with van der Waals surface area (Å²) >= 11 is 0. The van der Waals surface area contributed by atoms with Crippen molar-refractivity contribution in [1.82, 2.24) is 24.8 Å². The Balaban J connectivity index is 0.00000205. The third-order valence-corrected chi connectivity index (χ3v) is 7.34. The molecule has 1 aromatic carbocycles. The van der Waals surface area contributed by atoms with Crippen LogP contribution < -0.4 is 21.9 Å². The number of hydrogen-bond acceptors (Lipinski definition) is 7. The van der Waals surface area contributed by atoms with E-state index in [0.29, 0.717) is 31.7 Å². The van der Waals surface area contributed by atoms with Crippen molar-refractivity contribution in [3.8, 4) is 0 Å². The lowest BCUT2D eigenvalue weighted by Gasteiger charge is -2.19. The number of nitrogen functional groups attached to an aromatic ring is 1. The maximum atomic E-state index is 13.5. The van der Waals surface area contributed by atoms with Crippen LogP contribution in [0.1, 0.15) is 59.1 Å². The van der Waals surface area contributed by atoms with E-state index in [4.69, 9.17) is 5.73 Å². The zero-order valence-electron chi connectivity index (χ0n) is 23.4. The predicted octanol–water partition coefficient (Wildman–Crippen LogP) is 4.80. The molecule has 0 spiro atoms. The van der Waals surface area contributed by atoms with Gasteiger partial charge >= 0.3 is 0 Å². The van der Waals surface area contributed by atoms with E-state index in [-0.39, 0.29) is 60.4 Å². The molecule has 5 rings (SSSR count). The monoisotopic (exact) mass is 631 g/mol. The topological polar surface area (TPSA) is 128 Å². The number of aromatic nitrogens is 4. The number of pyridine rings is 2. The number of benzene rings is 1. The first-order valence-electron chi connectivity index (χ1n) is 13.3. The number of carbonyl (C=O) groups excluding carboxylic acids is 1. The van der Waals surface area contributed by atoms with E-state index < -0.39 is 6.04 Å². The van der Waals surface area contributed by atoms with E-state index in [1.165, 1.54) is 5.56 Å². The van der Waals surface area contributed by atoms with E-state index in [0.717, 1.165) is 34.6 Å². The average molecular weight is 633 g/mol. The maximum absolute atomic E-state index is 13.5. The molecule has 1 aliphatic heterocycles. The quantitative estimate of drug-likeness (QED) is 0.242. The Kier molecular flexibility index (Phi) is 12.8. The van der Waals surface area contributed by atoms with Crippen LogP contribution in [0.3, 0.4) is 0 Å². The molecule has 9 nitrogen and oxygen atoms in total. The van der Waals surface area contributed by atoms with Crippen LogP contribution in [0.5, 0.6) is 0 Å². The lowest BCUT2D eigenvalue weighted by atomic mass is 9.94. The van der Waals surface area contributed by atoms with Gasteiger partial charge in [-0.3, -0.25) is 19.1 Å². The number of fused-ring (bicyclic) bond motifs is 1. The van der Waals surface area contributed by atoms with Crippen LogP contribution in [-0.2, 0) is 24.2 Å². The number of halogens is 3. The smallest absolute Gasteiger partial charge is 0.294 e. The molecule has 0 saturated carbocycles. The molecule has 1 amide bonds. The molecule has 0 aliphatic carbocycles. The van der Waals surface area contributed by atoms with Gasteiger partial charge in [0.2, 0.25) is 5.91 Å². The number of rotatable bonds is 9. The van der Waals surface area contributed by atoms with E-state index in [2.05, 4.69) is 56.8 Å². The normalized spacial score (nSPS) is 13.9. The summed E-state index contributed by atoms with van der Waals surface area (Å²) in [5.74, 6) is 0.386. The van der Waals surface area contributed by atoms with Gasteiger partial charge in [0.05, 0.1) is 0 Å². The predicted molar refractivity (Wildman–Crippen MR) is 173 cm³/mol. The fourth-order valence-electron chi connectivity index (χ4n) is 5.07. The van der Waals surface area contributed by atoms with Gasteiger partial charge in [-0.25, -0.2) is 9.97 Å². The highest BCUT2D eigenvalue weighted by Gasteiger charge is 2.31. The molecular weight excluding hydrogens is 597 g/mol. The van der Waals surface area contributed by atoms with Crippen LogP contribution in [0.15, 0.2) is 71.8 Å². The molecule has 4 aromatic rings. The van der Waals surface area contributed by atoms with E-state index in [1.807, 2.05) is 31.2 Å². The standard InChI is InChI=1S/C30H33N7O2.3ClH/c1-3-20-7-9-21(10-8-20)24(25-6-4-5-15-32-25)18-34-28-30(39)37-23(17-33-28)12-13-26(37)29(38)35-16-22-11-14-27(31)36-19(22)2;;;/h4-11,14-15,17,24,26H,3,12-13,16,18H2,1-2H3,(H2,31,36)(H,33,34)(H,35,38);3*1H/t24-,26+;;;/m1.../s1. The molecule has 2 atom stereocenters. The van der Waals surface area contributed by atoms with Crippen molar-refractivity contribution in [3.05, 3.63) is 111 Å². The molecule has 0 bridgehead atoms. The highest BCUT2D eigenvalue weighted by molar-refractivity contribution is 5.86. The molecule has 42 heavy (non-hydrogen) atoms. The first-order chi connectivity index (χ1) is 18.9. The summed E-state index contributed by atoms with van der Waals surface area (Å²) in [5, 5.41) is 6.22. The number of nitrogens with one attached hydrogen (secondary N) is 2. The maximum Gasteiger partial charge on any atom is 0.294 e. The zero-order valence-corrected chi connectivity index (χ0v) is 25.9. The second-order valence-electron chi connectivity index (χ2n) is 9.81. The number of nitrogens with zero attached hydrogens (tertiary/aromatic N) is 4. The molecule has 0 saturated heterocycles. The van der Waals surface area contributed by atoms with Gasteiger partial charge in [0, 0.05) is 48.5 Å². The molecule has 1 aliphatic rings. The fourth-order valence-corrected chi connectivity index (χ4v) is 5.07. The molecule has 0 unspecified atom stereocenters. The van der Waals surface area contributed by atoms with Crippen molar-refractivity contribution >= 4 is 54.8 Å². The third kappa shape index (κ3) is 7.59. The number of carbonyl (C=O) groups is 1. The van der Waals surface area contributed by atoms with Crippen LogP contribution in [0.4, 0.5) is 11.6 Å². The molecule has 4 heterocycles. The summed E-state index contributed by atoms with van der Waals surface area (Å²) in [5.41, 5.74) is 11.1. The second-order valence-corrected chi connectivity index (χ2v) is 9.81. The van der Waals surface area contributed by atoms with Crippen molar-refractivity contribution in [1.29, 1.82) is 0 Å². The van der Waals surface area contributed by atoms with E-state index >= 15 is 0 Å². The van der Waals surface area contributed by atoms with Crippen LogP contribution in [0, 0.1) is 6.92 Å². The number of anilines is 2. The van der Waals surface area contributed by atoms with E-state index in [1.54, 1.807) is 23.0 Å². The minimum absolute atomic E-state index is 0. The molecular formula is C30H36Cl3N7O2. The van der Waals surface area contributed by atoms with Crippen molar-refractivity contribution in [3.63, 3.8) is 0 Å². The van der Waals surface area contributed by atoms with Crippen molar-refractivity contribution in [2.75, 3.05) is 17.6 Å². The Morgan fingerprint density at radius 3 is 2.50 bits per heavy atom. The lowest BCUT2D eigenvalue weighted by molar-refractivity contribution is -0.124. The van der Waals surface area contributed by atoms with Crippen LogP contribution in [0.2, 0.25) is 0 Å². The summed E-state index contributed by atoms with van der Waals surface area (Å²) in [4.78, 5) is 39.9. The Morgan fingerprint density at radius 2 is 1.83 bits per heavy atom. The Morgan fingerprint density at radius 1 is 1.07 bits per heavy atom. The molecule has 224 valence electrons. The fraction of sp³-hybridized carbons (Fsp3) is 0.300.